The van der Waals surface area contributed by atoms with Crippen LogP contribution >= 0.6 is 43.5 Å². The van der Waals surface area contributed by atoms with Gasteiger partial charge in [-0.15, -0.1) is 0 Å². The van der Waals surface area contributed by atoms with Gasteiger partial charge >= 0.3 is 0 Å². The van der Waals surface area contributed by atoms with E-state index in [0.717, 1.165) is 15.6 Å². The first-order chi connectivity index (χ1) is 9.38. The Kier molecular flexibility index (Phi) is 5.24. The molecule has 0 aliphatic carbocycles. The van der Waals surface area contributed by atoms with E-state index in [1.54, 1.807) is 6.07 Å². The summed E-state index contributed by atoms with van der Waals surface area (Å²) in [5.74, 6) is -0.289. The first kappa shape index (κ1) is 16.0. The van der Waals surface area contributed by atoms with E-state index in [-0.39, 0.29) is 5.82 Å². The van der Waals surface area contributed by atoms with Crippen LogP contribution in [0.3, 0.4) is 0 Å². The lowest BCUT2D eigenvalue weighted by Gasteiger charge is -2.17. The van der Waals surface area contributed by atoms with Crippen LogP contribution in [0.4, 0.5) is 4.39 Å². The van der Waals surface area contributed by atoms with E-state index in [4.69, 9.17) is 17.3 Å². The molecule has 0 aliphatic heterocycles. The predicted octanol–water partition coefficient (Wildman–Crippen LogP) is 5.56. The zero-order chi connectivity index (χ0) is 14.9. The molecule has 0 amide bonds. The monoisotopic (exact) mass is 419 g/mol. The van der Waals surface area contributed by atoms with Crippen LogP contribution in [-0.2, 0) is 6.42 Å². The number of hydrogen-bond acceptors (Lipinski definition) is 1. The van der Waals surface area contributed by atoms with Gasteiger partial charge in [-0.1, -0.05) is 43.5 Å². The van der Waals surface area contributed by atoms with Crippen molar-refractivity contribution >= 4 is 43.5 Å². The molecule has 0 fully saturated rings. The maximum Gasteiger partial charge on any atom is 0.129 e. The first-order valence-corrected chi connectivity index (χ1v) is 8.00. The maximum absolute atomic E-state index is 14.1. The number of nitrogens with two attached hydrogens (primary N) is 1. The topological polar surface area (TPSA) is 26.0 Å². The maximum atomic E-state index is 14.1. The second kappa shape index (κ2) is 6.56. The molecule has 2 N–H and O–H groups in total. The lowest BCUT2D eigenvalue weighted by Crippen LogP contribution is -2.17. The standard InChI is InChI=1S/C15H13Br2ClFN/c1-8-4-10(16)7-13(19)15(8)14(20)6-9-5-11(18)2-3-12(9)17/h2-5,7,14H,6,20H2,1H3/t14-/m1/s1. The molecule has 106 valence electrons. The highest BCUT2D eigenvalue weighted by molar-refractivity contribution is 9.10. The highest BCUT2D eigenvalue weighted by Gasteiger charge is 2.17. The van der Waals surface area contributed by atoms with Crippen molar-refractivity contribution in [1.82, 2.24) is 0 Å². The van der Waals surface area contributed by atoms with E-state index < -0.39 is 6.04 Å². The van der Waals surface area contributed by atoms with Crippen molar-refractivity contribution in [2.24, 2.45) is 5.73 Å². The fourth-order valence-corrected chi connectivity index (χ4v) is 3.37. The van der Waals surface area contributed by atoms with Crippen LogP contribution in [0.15, 0.2) is 39.3 Å². The van der Waals surface area contributed by atoms with Crippen LogP contribution in [0, 0.1) is 12.7 Å². The van der Waals surface area contributed by atoms with E-state index in [1.165, 1.54) is 6.07 Å². The Hall–Kier alpha value is -0.420. The smallest absolute Gasteiger partial charge is 0.129 e. The normalized spacial score (nSPS) is 12.5. The third kappa shape index (κ3) is 3.61. The largest absolute Gasteiger partial charge is 0.324 e. The Morgan fingerprint density at radius 3 is 2.60 bits per heavy atom. The van der Waals surface area contributed by atoms with E-state index in [1.807, 2.05) is 25.1 Å². The van der Waals surface area contributed by atoms with Gasteiger partial charge in [-0.3, -0.25) is 0 Å². The summed E-state index contributed by atoms with van der Waals surface area (Å²) in [6.45, 7) is 1.86. The van der Waals surface area contributed by atoms with E-state index in [9.17, 15) is 4.39 Å². The van der Waals surface area contributed by atoms with Crippen molar-refractivity contribution in [2.45, 2.75) is 19.4 Å². The van der Waals surface area contributed by atoms with Gasteiger partial charge in [0.2, 0.25) is 0 Å². The van der Waals surface area contributed by atoms with Crippen molar-refractivity contribution < 1.29 is 4.39 Å². The lowest BCUT2D eigenvalue weighted by atomic mass is 9.95. The average molecular weight is 422 g/mol. The lowest BCUT2D eigenvalue weighted by molar-refractivity contribution is 0.576. The SMILES string of the molecule is Cc1cc(Br)cc(F)c1[C@H](N)Cc1cc(Cl)ccc1Br. The molecule has 0 bridgehead atoms. The molecular weight excluding hydrogens is 408 g/mol. The zero-order valence-corrected chi connectivity index (χ0v) is 14.7. The van der Waals surface area contributed by atoms with Crippen molar-refractivity contribution in [2.75, 3.05) is 0 Å². The van der Waals surface area contributed by atoms with Crippen LogP contribution in [0.25, 0.3) is 0 Å². The van der Waals surface area contributed by atoms with Crippen LogP contribution in [-0.4, -0.2) is 0 Å². The number of aryl methyl sites for hydroxylation is 1. The van der Waals surface area contributed by atoms with Crippen molar-refractivity contribution in [3.63, 3.8) is 0 Å². The molecule has 0 heterocycles. The Balaban J connectivity index is 2.33. The molecule has 0 aliphatic rings. The first-order valence-electron chi connectivity index (χ1n) is 6.03. The summed E-state index contributed by atoms with van der Waals surface area (Å²) in [5, 5.41) is 0.642. The van der Waals surface area contributed by atoms with Crippen molar-refractivity contribution in [1.29, 1.82) is 0 Å². The second-order valence-corrected chi connectivity index (χ2v) is 6.87. The van der Waals surface area contributed by atoms with Gasteiger partial charge in [0.1, 0.15) is 5.82 Å². The van der Waals surface area contributed by atoms with Crippen LogP contribution in [0.1, 0.15) is 22.7 Å². The molecule has 1 atom stereocenters. The summed E-state index contributed by atoms with van der Waals surface area (Å²) >= 11 is 12.7. The Morgan fingerprint density at radius 2 is 1.95 bits per heavy atom. The van der Waals surface area contributed by atoms with Gasteiger partial charge in [0, 0.05) is 25.6 Å². The molecular formula is C15H13Br2ClFN. The number of hydrogen-bond donors (Lipinski definition) is 1. The highest BCUT2D eigenvalue weighted by Crippen LogP contribution is 2.29. The fraction of sp³-hybridized carbons (Fsp3) is 0.200. The molecule has 2 aromatic carbocycles. The Bertz CT molecular complexity index is 623. The van der Waals surface area contributed by atoms with E-state index >= 15 is 0 Å². The number of rotatable bonds is 3. The summed E-state index contributed by atoms with van der Waals surface area (Å²) in [5.41, 5.74) is 8.52. The molecule has 0 saturated heterocycles. The molecule has 0 radical (unpaired) electrons. The van der Waals surface area contributed by atoms with Crippen LogP contribution < -0.4 is 5.73 Å². The van der Waals surface area contributed by atoms with Gasteiger partial charge in [0.05, 0.1) is 0 Å². The van der Waals surface area contributed by atoms with Gasteiger partial charge in [-0.2, -0.15) is 0 Å². The second-order valence-electron chi connectivity index (χ2n) is 4.66. The van der Waals surface area contributed by atoms with E-state index in [0.29, 0.717) is 21.5 Å². The summed E-state index contributed by atoms with van der Waals surface area (Å²) in [6.07, 6.45) is 0.514. The predicted molar refractivity (Wildman–Crippen MR) is 88.6 cm³/mol. The molecule has 0 spiro atoms. The molecule has 1 nitrogen and oxygen atoms in total. The Morgan fingerprint density at radius 1 is 1.25 bits per heavy atom. The molecule has 0 aromatic heterocycles. The fourth-order valence-electron chi connectivity index (χ4n) is 2.22. The molecule has 2 rings (SSSR count). The summed E-state index contributed by atoms with van der Waals surface area (Å²) in [7, 11) is 0. The van der Waals surface area contributed by atoms with Gasteiger partial charge in [0.25, 0.3) is 0 Å². The minimum Gasteiger partial charge on any atom is -0.324 e. The van der Waals surface area contributed by atoms with E-state index in [2.05, 4.69) is 31.9 Å². The minimum atomic E-state index is -0.419. The van der Waals surface area contributed by atoms with Gasteiger partial charge < -0.3 is 5.73 Å². The van der Waals surface area contributed by atoms with Crippen LogP contribution in [0.5, 0.6) is 0 Å². The summed E-state index contributed by atoms with van der Waals surface area (Å²) in [4.78, 5) is 0. The molecule has 20 heavy (non-hydrogen) atoms. The van der Waals surface area contributed by atoms with Gasteiger partial charge in [-0.25, -0.2) is 4.39 Å². The third-order valence-electron chi connectivity index (χ3n) is 3.12. The van der Waals surface area contributed by atoms with Crippen molar-refractivity contribution in [3.8, 4) is 0 Å². The van der Waals surface area contributed by atoms with Gasteiger partial charge in [-0.05, 0) is 54.8 Å². The third-order valence-corrected chi connectivity index (χ3v) is 4.59. The Labute approximate surface area is 139 Å². The van der Waals surface area contributed by atoms with Crippen LogP contribution in [0.2, 0.25) is 5.02 Å². The highest BCUT2D eigenvalue weighted by atomic mass is 79.9. The quantitative estimate of drug-likeness (QED) is 0.690. The molecule has 0 unspecified atom stereocenters. The molecule has 2 aromatic rings. The number of benzene rings is 2. The minimum absolute atomic E-state index is 0.289. The zero-order valence-electron chi connectivity index (χ0n) is 10.8. The number of halogens is 4. The average Bonchev–Trinajstić information content (AvgIpc) is 2.32. The summed E-state index contributed by atoms with van der Waals surface area (Å²) in [6, 6.07) is 8.40. The van der Waals surface area contributed by atoms with Gasteiger partial charge in [0.15, 0.2) is 0 Å². The van der Waals surface area contributed by atoms with Crippen molar-refractivity contribution in [3.05, 3.63) is 66.8 Å². The molecule has 0 saturated carbocycles. The molecule has 5 heteroatoms. The summed E-state index contributed by atoms with van der Waals surface area (Å²) < 4.78 is 15.7.